The maximum absolute atomic E-state index is 13.2. The van der Waals surface area contributed by atoms with Crippen molar-refractivity contribution in [2.24, 2.45) is 23.7 Å². The molecule has 58 heavy (non-hydrogen) atoms. The van der Waals surface area contributed by atoms with Gasteiger partial charge in [-0.15, -0.1) is 28.8 Å². The molecule has 0 spiro atoms. The second kappa shape index (κ2) is 17.4. The maximum Gasteiger partial charge on any atom is -1.00 e. The second-order valence-corrected chi connectivity index (χ2v) is 19.4. The fraction of sp³-hybridized carbons (Fsp3) is 0.423. The summed E-state index contributed by atoms with van der Waals surface area (Å²) in [5.41, 5.74) is 14.0. The van der Waals surface area contributed by atoms with Crippen molar-refractivity contribution in [1.82, 2.24) is 0 Å². The summed E-state index contributed by atoms with van der Waals surface area (Å²) in [6.07, 6.45) is 4.05. The van der Waals surface area contributed by atoms with E-state index in [2.05, 4.69) is 126 Å². The Balaban J connectivity index is 0.000000254. The molecule has 10 rings (SSSR count). The SMILES string of the molecule is CC(C)(C)c1cc2c([c-]c1-c1ccc(C(F)(F)F)cc1)Cc1cc(-c3ccccc3)c(C(C)(C)C)cc1-2.Cc1cc(C2(C)C3CC4CC(C3)CC2C4)c[cH-]1.[CH2]=[Zr+2].[Cl-].[Cl-]. The largest absolute Gasteiger partial charge is 1.00 e. The molecule has 0 atom stereocenters. The van der Waals surface area contributed by atoms with Gasteiger partial charge in [0.05, 0.1) is 5.56 Å². The third-order valence-corrected chi connectivity index (χ3v) is 13.6. The van der Waals surface area contributed by atoms with E-state index in [1.165, 1.54) is 101 Å². The Hall–Kier alpha value is -2.65. The molecular formula is C52H57Cl2F3Zr-2. The summed E-state index contributed by atoms with van der Waals surface area (Å²) in [5, 5.41) is 0. The van der Waals surface area contributed by atoms with Gasteiger partial charge >= 0.3 is 34.6 Å². The summed E-state index contributed by atoms with van der Waals surface area (Å²) in [6.45, 7) is 18.0. The third kappa shape index (κ3) is 8.88. The van der Waals surface area contributed by atoms with Crippen LogP contribution in [-0.2, 0) is 53.1 Å². The van der Waals surface area contributed by atoms with Gasteiger partial charge < -0.3 is 24.8 Å². The van der Waals surface area contributed by atoms with E-state index in [4.69, 9.17) is 0 Å². The predicted octanol–water partition coefficient (Wildman–Crippen LogP) is 8.41. The molecule has 0 saturated heterocycles. The number of hydrogen-bond donors (Lipinski definition) is 0. The van der Waals surface area contributed by atoms with Gasteiger partial charge in [0.15, 0.2) is 0 Å². The summed E-state index contributed by atoms with van der Waals surface area (Å²) >= 11 is 1.30. The number of alkyl halides is 3. The van der Waals surface area contributed by atoms with Crippen LogP contribution >= 0.6 is 0 Å². The Morgan fingerprint density at radius 2 is 1.24 bits per heavy atom. The average Bonchev–Trinajstić information content (AvgIpc) is 3.75. The Kier molecular flexibility index (Phi) is 13.9. The van der Waals surface area contributed by atoms with Gasteiger partial charge in [-0.2, -0.15) is 36.4 Å². The quantitative estimate of drug-likeness (QED) is 0.157. The Bertz CT molecular complexity index is 2170. The molecule has 4 bridgehead atoms. The van der Waals surface area contributed by atoms with E-state index in [9.17, 15) is 13.2 Å². The Morgan fingerprint density at radius 1 is 0.690 bits per heavy atom. The fourth-order valence-electron chi connectivity index (χ4n) is 10.9. The van der Waals surface area contributed by atoms with Crippen molar-refractivity contribution in [2.75, 3.05) is 0 Å². The van der Waals surface area contributed by atoms with Gasteiger partial charge in [-0.25, -0.2) is 6.07 Å². The molecule has 5 aromatic carbocycles. The molecule has 0 heterocycles. The van der Waals surface area contributed by atoms with E-state index in [1.54, 1.807) is 24.1 Å². The normalized spacial score (nSPS) is 22.6. The average molecular weight is 901 g/mol. The first kappa shape index (κ1) is 46.4. The van der Waals surface area contributed by atoms with Crippen molar-refractivity contribution in [2.45, 2.75) is 116 Å². The van der Waals surface area contributed by atoms with Crippen LogP contribution < -0.4 is 24.8 Å². The van der Waals surface area contributed by atoms with Gasteiger partial charge in [0.25, 0.3) is 0 Å². The molecule has 0 amide bonds. The van der Waals surface area contributed by atoms with E-state index in [0.29, 0.717) is 5.41 Å². The zero-order valence-corrected chi connectivity index (χ0v) is 39.3. The van der Waals surface area contributed by atoms with Gasteiger partial charge in [0.1, 0.15) is 0 Å². The van der Waals surface area contributed by atoms with E-state index in [0.717, 1.165) is 52.3 Å². The number of hydrogen-bond acceptors (Lipinski definition) is 0. The van der Waals surface area contributed by atoms with Crippen molar-refractivity contribution in [3.63, 3.8) is 0 Å². The fourth-order valence-corrected chi connectivity index (χ4v) is 10.9. The van der Waals surface area contributed by atoms with Gasteiger partial charge in [0.2, 0.25) is 0 Å². The minimum atomic E-state index is -4.35. The number of rotatable bonds is 3. The molecule has 0 N–H and O–H groups in total. The predicted molar refractivity (Wildman–Crippen MR) is 225 cm³/mol. The zero-order valence-electron chi connectivity index (χ0n) is 35.3. The van der Waals surface area contributed by atoms with Crippen LogP contribution in [0.25, 0.3) is 33.4 Å². The van der Waals surface area contributed by atoms with E-state index >= 15 is 0 Å². The van der Waals surface area contributed by atoms with Crippen LogP contribution in [0.1, 0.15) is 120 Å². The van der Waals surface area contributed by atoms with Crippen LogP contribution in [-0.4, -0.2) is 4.21 Å². The molecule has 0 aliphatic heterocycles. The standard InChI is InChI=1S/C34H32F3.C17H23.CH2.2ClH.Zr/c1-32(2,3)30-19-26-23(17-28(30)21-10-8-7-9-11-21)16-24-18-29(31(20-27(24)26)33(4,5)6)22-12-14-25(15-13-22)34(35,36)37;1-11-3-4-14(5-11)17(2)15-7-12-6-13(9-15)10-16(17)8-12;;;;/h7-15,17,19-20H,16H2,1-6H3;3-5,12-13,15-16H,6-10H2,1-2H3;1H2;2*1H;/q2*-1;;;;+2/p-2. The van der Waals surface area contributed by atoms with Crippen LogP contribution in [0.4, 0.5) is 13.2 Å². The van der Waals surface area contributed by atoms with Gasteiger partial charge in [-0.05, 0) is 95.3 Å². The van der Waals surface area contributed by atoms with Crippen molar-refractivity contribution in [3.8, 4) is 33.4 Å². The smallest absolute Gasteiger partial charge is 1.00 e. The van der Waals surface area contributed by atoms with Crippen LogP contribution in [0.15, 0.2) is 91.0 Å². The van der Waals surface area contributed by atoms with Gasteiger partial charge in [0, 0.05) is 0 Å². The minimum Gasteiger partial charge on any atom is -1.00 e. The first-order chi connectivity index (χ1) is 26.4. The van der Waals surface area contributed by atoms with Crippen molar-refractivity contribution in [3.05, 3.63) is 136 Å². The van der Waals surface area contributed by atoms with E-state index in [-0.39, 0.29) is 35.6 Å². The molecular weight excluding hydrogens is 844 g/mol. The second-order valence-electron chi connectivity index (χ2n) is 19.4. The van der Waals surface area contributed by atoms with Gasteiger partial charge in [-0.1, -0.05) is 144 Å². The van der Waals surface area contributed by atoms with Crippen LogP contribution in [0.3, 0.4) is 0 Å². The first-order valence-electron chi connectivity index (χ1n) is 20.5. The summed E-state index contributed by atoms with van der Waals surface area (Å²) in [6, 6.07) is 33.7. The summed E-state index contributed by atoms with van der Waals surface area (Å²) in [5.74, 6) is 4.14. The van der Waals surface area contributed by atoms with Crippen molar-refractivity contribution < 1.29 is 62.2 Å². The molecule has 0 unspecified atom stereocenters. The van der Waals surface area contributed by atoms with Gasteiger partial charge in [-0.3, -0.25) is 0 Å². The van der Waals surface area contributed by atoms with E-state index < -0.39 is 11.7 Å². The zero-order chi connectivity index (χ0) is 40.4. The molecule has 4 saturated carbocycles. The molecule has 0 nitrogen and oxygen atoms in total. The molecule has 306 valence electrons. The first-order valence-corrected chi connectivity index (χ1v) is 22.2. The molecule has 4 fully saturated rings. The molecule has 5 aliphatic carbocycles. The molecule has 5 aromatic rings. The van der Waals surface area contributed by atoms with Crippen molar-refractivity contribution >= 4 is 4.21 Å². The van der Waals surface area contributed by atoms with Crippen LogP contribution in [0, 0.1) is 36.7 Å². The summed E-state index contributed by atoms with van der Waals surface area (Å²) in [7, 11) is 0. The number of fused-ring (bicyclic) bond motifs is 3. The monoisotopic (exact) mass is 898 g/mol. The molecule has 6 heteroatoms. The van der Waals surface area contributed by atoms with Crippen molar-refractivity contribution in [1.29, 1.82) is 0 Å². The Morgan fingerprint density at radius 3 is 1.74 bits per heavy atom. The minimum absolute atomic E-state index is 0. The molecule has 0 aromatic heterocycles. The number of halogens is 5. The number of benzene rings is 4. The third-order valence-electron chi connectivity index (χ3n) is 13.6. The van der Waals surface area contributed by atoms with Crippen LogP contribution in [0.2, 0.25) is 0 Å². The Labute approximate surface area is 373 Å². The molecule has 5 aliphatic rings. The number of aryl methyl sites for hydroxylation is 1. The van der Waals surface area contributed by atoms with Crippen LogP contribution in [0.5, 0.6) is 0 Å². The molecule has 0 radical (unpaired) electrons. The van der Waals surface area contributed by atoms with E-state index in [1.807, 2.05) is 6.07 Å². The topological polar surface area (TPSA) is 0 Å². The summed E-state index contributed by atoms with van der Waals surface area (Å²) < 4.78 is 42.9. The summed E-state index contributed by atoms with van der Waals surface area (Å²) in [4.78, 5) is 0. The maximum atomic E-state index is 13.2.